The van der Waals surface area contributed by atoms with E-state index in [-0.39, 0.29) is 6.04 Å². The zero-order chi connectivity index (χ0) is 13.5. The molecule has 3 nitrogen and oxygen atoms in total. The zero-order valence-electron chi connectivity index (χ0n) is 11.0. The minimum Gasteiger partial charge on any atom is -0.208 e. The van der Waals surface area contributed by atoms with Gasteiger partial charge in [0.05, 0.1) is 4.90 Å². The van der Waals surface area contributed by atoms with Crippen LogP contribution < -0.4 is 4.72 Å². The normalized spacial score (nSPS) is 29.8. The third kappa shape index (κ3) is 2.69. The summed E-state index contributed by atoms with van der Waals surface area (Å²) in [6.07, 6.45) is 6.68. The van der Waals surface area contributed by atoms with Gasteiger partial charge in [-0.2, -0.15) is 0 Å². The Morgan fingerprint density at radius 3 is 2.42 bits per heavy atom. The predicted octanol–water partition coefficient (Wildman–Crippen LogP) is 2.88. The van der Waals surface area contributed by atoms with Crippen molar-refractivity contribution in [2.24, 2.45) is 11.8 Å². The second-order valence-electron chi connectivity index (χ2n) is 5.58. The highest BCUT2D eigenvalue weighted by molar-refractivity contribution is 7.98. The van der Waals surface area contributed by atoms with E-state index in [0.717, 1.165) is 17.2 Å². The summed E-state index contributed by atoms with van der Waals surface area (Å²) in [7, 11) is -3.35. The minimum absolute atomic E-state index is 0.156. The molecule has 2 saturated carbocycles. The first-order chi connectivity index (χ1) is 9.08. The molecular formula is C14H19NO2S2. The number of hydrogen-bond donors (Lipinski definition) is 1. The van der Waals surface area contributed by atoms with E-state index in [0.29, 0.717) is 10.8 Å². The summed E-state index contributed by atoms with van der Waals surface area (Å²) in [5, 5.41) is 0. The lowest BCUT2D eigenvalue weighted by Crippen LogP contribution is -2.38. The van der Waals surface area contributed by atoms with Crippen molar-refractivity contribution in [1.29, 1.82) is 0 Å². The molecule has 0 heterocycles. The van der Waals surface area contributed by atoms with Crippen molar-refractivity contribution < 1.29 is 8.42 Å². The SMILES string of the molecule is CSc1ccc(S(=O)(=O)N[C@H]2C[C@H]3CC[C@@H]2C3)cc1. The quantitative estimate of drug-likeness (QED) is 0.869. The molecule has 2 bridgehead atoms. The maximum absolute atomic E-state index is 12.3. The molecule has 0 spiro atoms. The van der Waals surface area contributed by atoms with Gasteiger partial charge in [0.25, 0.3) is 0 Å². The molecule has 104 valence electrons. The van der Waals surface area contributed by atoms with E-state index in [1.165, 1.54) is 19.3 Å². The molecule has 0 amide bonds. The van der Waals surface area contributed by atoms with Gasteiger partial charge in [0, 0.05) is 10.9 Å². The van der Waals surface area contributed by atoms with Crippen LogP contribution in [0.15, 0.2) is 34.1 Å². The fourth-order valence-electron chi connectivity index (χ4n) is 3.41. The summed E-state index contributed by atoms with van der Waals surface area (Å²) >= 11 is 1.62. The third-order valence-corrected chi connectivity index (χ3v) is 6.66. The van der Waals surface area contributed by atoms with Crippen LogP contribution in [0.1, 0.15) is 25.7 Å². The smallest absolute Gasteiger partial charge is 0.208 e. The molecule has 19 heavy (non-hydrogen) atoms. The first-order valence-corrected chi connectivity index (χ1v) is 9.45. The van der Waals surface area contributed by atoms with Crippen LogP contribution in [0.25, 0.3) is 0 Å². The maximum atomic E-state index is 12.3. The van der Waals surface area contributed by atoms with Crippen LogP contribution >= 0.6 is 11.8 Å². The zero-order valence-corrected chi connectivity index (χ0v) is 12.6. The Bertz CT molecular complexity index is 553. The molecule has 2 aliphatic rings. The minimum atomic E-state index is -3.35. The Hall–Kier alpha value is -0.520. The van der Waals surface area contributed by atoms with Crippen LogP contribution in [-0.2, 0) is 10.0 Å². The molecule has 1 N–H and O–H groups in total. The molecular weight excluding hydrogens is 278 g/mol. The highest BCUT2D eigenvalue weighted by Gasteiger charge is 2.41. The Balaban J connectivity index is 1.75. The second-order valence-corrected chi connectivity index (χ2v) is 8.17. The van der Waals surface area contributed by atoms with Crippen LogP contribution in [0, 0.1) is 11.8 Å². The Morgan fingerprint density at radius 1 is 1.16 bits per heavy atom. The van der Waals surface area contributed by atoms with Crippen molar-refractivity contribution in [2.45, 2.75) is 41.5 Å². The number of hydrogen-bond acceptors (Lipinski definition) is 3. The largest absolute Gasteiger partial charge is 0.240 e. The summed E-state index contributed by atoms with van der Waals surface area (Å²) < 4.78 is 27.6. The van der Waals surface area contributed by atoms with Crippen LogP contribution in [-0.4, -0.2) is 20.7 Å². The molecule has 0 saturated heterocycles. The maximum Gasteiger partial charge on any atom is 0.240 e. The average Bonchev–Trinajstić information content (AvgIpc) is 3.00. The van der Waals surface area contributed by atoms with Gasteiger partial charge >= 0.3 is 0 Å². The molecule has 0 radical (unpaired) electrons. The van der Waals surface area contributed by atoms with E-state index in [1.54, 1.807) is 23.9 Å². The number of nitrogens with one attached hydrogen (secondary N) is 1. The van der Waals surface area contributed by atoms with Gasteiger partial charge in [0.15, 0.2) is 0 Å². The van der Waals surface area contributed by atoms with Crippen molar-refractivity contribution in [2.75, 3.05) is 6.26 Å². The summed E-state index contributed by atoms with van der Waals surface area (Å²) in [5.41, 5.74) is 0. The number of benzene rings is 1. The highest BCUT2D eigenvalue weighted by Crippen LogP contribution is 2.44. The number of fused-ring (bicyclic) bond motifs is 2. The summed E-state index contributed by atoms with van der Waals surface area (Å²) in [4.78, 5) is 1.46. The van der Waals surface area contributed by atoms with Gasteiger partial charge in [-0.25, -0.2) is 13.1 Å². The molecule has 3 rings (SSSR count). The van der Waals surface area contributed by atoms with Crippen molar-refractivity contribution in [3.63, 3.8) is 0 Å². The topological polar surface area (TPSA) is 46.2 Å². The van der Waals surface area contributed by atoms with Gasteiger partial charge in [-0.05, 0) is 61.6 Å². The van der Waals surface area contributed by atoms with E-state index >= 15 is 0 Å². The Morgan fingerprint density at radius 2 is 1.89 bits per heavy atom. The van der Waals surface area contributed by atoms with Gasteiger partial charge in [-0.15, -0.1) is 11.8 Å². The lowest BCUT2D eigenvalue weighted by molar-refractivity contribution is 0.390. The molecule has 5 heteroatoms. The predicted molar refractivity (Wildman–Crippen MR) is 77.8 cm³/mol. The van der Waals surface area contributed by atoms with Crippen molar-refractivity contribution in [3.8, 4) is 0 Å². The average molecular weight is 297 g/mol. The van der Waals surface area contributed by atoms with E-state index in [4.69, 9.17) is 0 Å². The highest BCUT2D eigenvalue weighted by atomic mass is 32.2. The monoisotopic (exact) mass is 297 g/mol. The van der Waals surface area contributed by atoms with Gasteiger partial charge < -0.3 is 0 Å². The Kier molecular flexibility index (Phi) is 3.62. The standard InChI is InChI=1S/C14H19NO2S2/c1-18-12-4-6-13(7-5-12)19(16,17)15-14-9-10-2-3-11(14)8-10/h4-7,10-11,14-15H,2-3,8-9H2,1H3/t10-,11+,14-/m0/s1. The summed E-state index contributed by atoms with van der Waals surface area (Å²) in [6.45, 7) is 0. The molecule has 2 aliphatic carbocycles. The Labute approximate surface area is 119 Å². The molecule has 2 fully saturated rings. The van der Waals surface area contributed by atoms with E-state index in [9.17, 15) is 8.42 Å². The van der Waals surface area contributed by atoms with E-state index in [2.05, 4.69) is 4.72 Å². The number of thioether (sulfide) groups is 1. The first kappa shape index (κ1) is 13.5. The van der Waals surface area contributed by atoms with Crippen LogP contribution in [0.4, 0.5) is 0 Å². The molecule has 0 aliphatic heterocycles. The van der Waals surface area contributed by atoms with Gasteiger partial charge in [-0.1, -0.05) is 6.42 Å². The lowest BCUT2D eigenvalue weighted by atomic mass is 9.96. The third-order valence-electron chi connectivity index (χ3n) is 4.41. The molecule has 0 unspecified atom stereocenters. The van der Waals surface area contributed by atoms with Gasteiger partial charge in [0.1, 0.15) is 0 Å². The summed E-state index contributed by atoms with van der Waals surface area (Å²) in [6, 6.07) is 7.27. The fraction of sp³-hybridized carbons (Fsp3) is 0.571. The molecule has 1 aromatic rings. The van der Waals surface area contributed by atoms with Crippen LogP contribution in [0.3, 0.4) is 0 Å². The molecule has 0 aromatic heterocycles. The van der Waals surface area contributed by atoms with Crippen molar-refractivity contribution in [3.05, 3.63) is 24.3 Å². The molecule has 1 aromatic carbocycles. The lowest BCUT2D eigenvalue weighted by Gasteiger charge is -2.22. The second kappa shape index (κ2) is 5.11. The van der Waals surface area contributed by atoms with Gasteiger partial charge in [0.2, 0.25) is 10.0 Å². The van der Waals surface area contributed by atoms with Crippen LogP contribution in [0.2, 0.25) is 0 Å². The van der Waals surface area contributed by atoms with Crippen molar-refractivity contribution in [1.82, 2.24) is 4.72 Å². The van der Waals surface area contributed by atoms with Crippen LogP contribution in [0.5, 0.6) is 0 Å². The molecule has 3 atom stereocenters. The number of rotatable bonds is 4. The number of sulfonamides is 1. The fourth-order valence-corrected chi connectivity index (χ4v) is 5.14. The summed E-state index contributed by atoms with van der Waals surface area (Å²) in [5.74, 6) is 1.31. The van der Waals surface area contributed by atoms with Gasteiger partial charge in [-0.3, -0.25) is 0 Å². The van der Waals surface area contributed by atoms with Crippen molar-refractivity contribution >= 4 is 21.8 Å². The van der Waals surface area contributed by atoms with E-state index in [1.807, 2.05) is 18.4 Å². The first-order valence-electron chi connectivity index (χ1n) is 6.75. The van der Waals surface area contributed by atoms with E-state index < -0.39 is 10.0 Å².